The third-order valence-electron chi connectivity index (χ3n) is 9.96. The maximum atomic E-state index is 6.46. The van der Waals surface area contributed by atoms with Gasteiger partial charge < -0.3 is 14.0 Å². The second kappa shape index (κ2) is 16.2. The van der Waals surface area contributed by atoms with E-state index in [1.165, 1.54) is 21.9 Å². The largest absolute Gasteiger partial charge is 0.486 e. The molecule has 9 rings (SSSR count). The number of benzene rings is 5. The monoisotopic (exact) mass is 939 g/mol. The van der Waals surface area contributed by atoms with E-state index in [1.54, 1.807) is 0 Å². The van der Waals surface area contributed by atoms with E-state index in [-0.39, 0.29) is 25.5 Å². The van der Waals surface area contributed by atoms with Crippen LogP contribution in [0.1, 0.15) is 32.0 Å². The Balaban J connectivity index is 0.000000232. The fourth-order valence-electron chi connectivity index (χ4n) is 7.02. The van der Waals surface area contributed by atoms with Crippen LogP contribution >= 0.6 is 0 Å². The number of pyridine rings is 2. The van der Waals surface area contributed by atoms with E-state index < -0.39 is 8.07 Å². The molecule has 0 aliphatic rings. The summed E-state index contributed by atoms with van der Waals surface area (Å²) in [6.07, 6.45) is 2.91. The number of aromatic nitrogens is 4. The molecule has 5 nitrogen and oxygen atoms in total. The van der Waals surface area contributed by atoms with Crippen molar-refractivity contribution in [3.8, 4) is 39.5 Å². The number of aryl methyl sites for hydroxylation is 1. The third-order valence-corrected chi connectivity index (χ3v) is 12.0. The topological polar surface area (TPSA) is 56.7 Å². The maximum absolute atomic E-state index is 6.46. The van der Waals surface area contributed by atoms with Crippen LogP contribution < -0.4 is 5.19 Å². The summed E-state index contributed by atoms with van der Waals surface area (Å²) in [7, 11) is -1.24. The van der Waals surface area contributed by atoms with Gasteiger partial charge in [0.25, 0.3) is 0 Å². The summed E-state index contributed by atoms with van der Waals surface area (Å²) in [6, 6.07) is 52.7. The second-order valence-corrected chi connectivity index (χ2v) is 21.8. The summed E-state index contributed by atoms with van der Waals surface area (Å²) in [5.74, 6) is 0.795. The molecule has 0 aliphatic heterocycles. The van der Waals surface area contributed by atoms with Gasteiger partial charge in [0.2, 0.25) is 5.71 Å². The van der Waals surface area contributed by atoms with Gasteiger partial charge >= 0.3 is 0 Å². The molecule has 0 fully saturated rings. The minimum atomic E-state index is -1.24. The number of imidazole rings is 1. The zero-order valence-corrected chi connectivity index (χ0v) is 36.9. The standard InChI is InChI=1S/C35H28N3O.C15H18NSi.Ir/c1-35(2,3)22-25-18-21-28-27-12-9-13-29(32(27)39-34(28)36-25)33-37-30-14-7-8-15-31(30)38(33)26-19-16-24(17-20-26)23-10-5-4-6-11-23;1-12-5-7-13(8-6-12)15-10-9-14(11-16-15)17(2,3)4;/h4-12,14-21H,22H2,1-3H3;5-7,9-11H,1-4H3;/q2*-1;. The average Bonchev–Trinajstić information content (AvgIpc) is 3.76. The Hall–Kier alpha value is -5.46. The normalized spacial score (nSPS) is 11.7. The quantitative estimate of drug-likeness (QED) is 0.123. The molecule has 0 saturated heterocycles. The predicted molar refractivity (Wildman–Crippen MR) is 235 cm³/mol. The Morgan fingerprint density at radius 2 is 1.46 bits per heavy atom. The smallest absolute Gasteiger partial charge is 0.216 e. The van der Waals surface area contributed by atoms with Crippen LogP contribution in [0.15, 0.2) is 144 Å². The Bertz CT molecular complexity index is 2780. The van der Waals surface area contributed by atoms with Crippen molar-refractivity contribution in [2.75, 3.05) is 0 Å². The number of hydrogen-bond donors (Lipinski definition) is 0. The van der Waals surface area contributed by atoms with Gasteiger partial charge in [0.15, 0.2) is 0 Å². The van der Waals surface area contributed by atoms with Crippen LogP contribution in [0.5, 0.6) is 0 Å². The minimum absolute atomic E-state index is 0. The van der Waals surface area contributed by atoms with Crippen molar-refractivity contribution in [2.24, 2.45) is 5.41 Å². The van der Waals surface area contributed by atoms with Gasteiger partial charge in [-0.2, -0.15) is 0 Å². The van der Waals surface area contributed by atoms with E-state index >= 15 is 0 Å². The van der Waals surface area contributed by atoms with Crippen molar-refractivity contribution >= 4 is 46.4 Å². The molecule has 0 unspecified atom stereocenters. The van der Waals surface area contributed by atoms with Gasteiger partial charge in [-0.05, 0) is 70.2 Å². The number of fused-ring (bicyclic) bond motifs is 4. The van der Waals surface area contributed by atoms with Crippen molar-refractivity contribution in [1.29, 1.82) is 0 Å². The Kier molecular flexibility index (Phi) is 11.3. The molecule has 1 radical (unpaired) electrons. The van der Waals surface area contributed by atoms with Gasteiger partial charge in [0.05, 0.1) is 30.5 Å². The molecule has 287 valence electrons. The van der Waals surface area contributed by atoms with Gasteiger partial charge in [-0.1, -0.05) is 125 Å². The molecule has 0 saturated carbocycles. The molecule has 5 aromatic carbocycles. The van der Waals surface area contributed by atoms with Crippen LogP contribution in [0.3, 0.4) is 0 Å². The molecular formula is C50H46IrN4OSi-2. The predicted octanol–water partition coefficient (Wildman–Crippen LogP) is 12.4. The van der Waals surface area contributed by atoms with Crippen LogP contribution in [0.2, 0.25) is 19.6 Å². The molecule has 9 aromatic rings. The molecule has 0 spiro atoms. The first-order chi connectivity index (χ1) is 26.9. The summed E-state index contributed by atoms with van der Waals surface area (Å²) in [5, 5.41) is 3.42. The zero-order valence-electron chi connectivity index (χ0n) is 33.5. The molecule has 0 amide bonds. The first-order valence-corrected chi connectivity index (χ1v) is 22.7. The number of rotatable bonds is 6. The van der Waals surface area contributed by atoms with E-state index in [2.05, 4.69) is 172 Å². The van der Waals surface area contributed by atoms with E-state index in [9.17, 15) is 0 Å². The maximum Gasteiger partial charge on any atom is 0.216 e. The molecular weight excluding hydrogens is 893 g/mol. The fraction of sp³-hybridized carbons (Fsp3) is 0.180. The zero-order chi connectivity index (χ0) is 39.0. The van der Waals surface area contributed by atoms with Crippen LogP contribution in [0.4, 0.5) is 0 Å². The first-order valence-electron chi connectivity index (χ1n) is 19.2. The Morgan fingerprint density at radius 1 is 0.719 bits per heavy atom. The summed E-state index contributed by atoms with van der Waals surface area (Å²) in [6.45, 7) is 15.7. The molecule has 4 aromatic heterocycles. The molecule has 4 heterocycles. The number of para-hydroxylation sites is 2. The summed E-state index contributed by atoms with van der Waals surface area (Å²) >= 11 is 0. The van der Waals surface area contributed by atoms with Crippen molar-refractivity contribution in [2.45, 2.75) is 53.8 Å². The van der Waals surface area contributed by atoms with Gasteiger partial charge in [-0.15, -0.1) is 53.6 Å². The molecule has 0 atom stereocenters. The number of nitrogens with zero attached hydrogens (tertiary/aromatic N) is 4. The third kappa shape index (κ3) is 8.62. The SMILES string of the molecule is CC(C)(C)Cc1ccc2c(n1)oc1c(-c3nc4ccccc4n3-c3ccc(-c4ccccc4)cc3)[c-]ccc12.Cc1c[c-]c(-c2ccc([Si](C)(C)C)cn2)cc1.[Ir]. The van der Waals surface area contributed by atoms with E-state index in [0.717, 1.165) is 67.8 Å². The van der Waals surface area contributed by atoms with E-state index in [4.69, 9.17) is 14.4 Å². The minimum Gasteiger partial charge on any atom is -0.486 e. The summed E-state index contributed by atoms with van der Waals surface area (Å²) < 4.78 is 8.66. The van der Waals surface area contributed by atoms with Gasteiger partial charge in [-0.3, -0.25) is 4.98 Å². The molecule has 0 bridgehead atoms. The fourth-order valence-corrected chi connectivity index (χ4v) is 8.05. The van der Waals surface area contributed by atoms with Crippen molar-refractivity contribution in [1.82, 2.24) is 19.5 Å². The Morgan fingerprint density at radius 3 is 2.14 bits per heavy atom. The van der Waals surface area contributed by atoms with Gasteiger partial charge in [-0.25, -0.2) is 4.98 Å². The van der Waals surface area contributed by atoms with Gasteiger partial charge in [0.1, 0.15) is 0 Å². The van der Waals surface area contributed by atoms with Crippen LogP contribution in [0, 0.1) is 24.5 Å². The molecule has 57 heavy (non-hydrogen) atoms. The summed E-state index contributed by atoms with van der Waals surface area (Å²) in [5.41, 5.74) is 12.1. The second-order valence-electron chi connectivity index (χ2n) is 16.7. The van der Waals surface area contributed by atoms with Crippen LogP contribution in [-0.2, 0) is 26.5 Å². The number of hydrogen-bond acceptors (Lipinski definition) is 4. The van der Waals surface area contributed by atoms with Gasteiger partial charge in [0, 0.05) is 43.1 Å². The number of furan rings is 1. The molecule has 0 N–H and O–H groups in total. The first kappa shape index (κ1) is 39.8. The van der Waals surface area contributed by atoms with Crippen molar-refractivity contribution in [3.05, 3.63) is 163 Å². The Labute approximate surface area is 350 Å². The summed E-state index contributed by atoms with van der Waals surface area (Å²) in [4.78, 5) is 14.5. The van der Waals surface area contributed by atoms with Crippen molar-refractivity contribution in [3.63, 3.8) is 0 Å². The molecule has 0 aliphatic carbocycles. The average molecular weight is 939 g/mol. The van der Waals surface area contributed by atoms with Crippen LogP contribution in [-0.4, -0.2) is 27.6 Å². The molecule has 7 heteroatoms. The van der Waals surface area contributed by atoms with Crippen molar-refractivity contribution < 1.29 is 24.5 Å². The van der Waals surface area contributed by atoms with Crippen LogP contribution in [0.25, 0.3) is 72.6 Å². The van der Waals surface area contributed by atoms with E-state index in [0.29, 0.717) is 5.71 Å². The van der Waals surface area contributed by atoms with E-state index in [1.807, 2.05) is 36.5 Å².